The molecule has 1 fully saturated rings. The molecule has 0 unspecified atom stereocenters. The Morgan fingerprint density at radius 3 is 2.48 bits per heavy atom. The standard InChI is InChI=1S/C23H29F2NO/c1-2-3-14-27-21-12-10-20(11-13-21)19-8-6-17(7-9-19)4-5-18-15-22(24)23(25)26-16-18/h10-13,15-17,19H,2-9,14H2,1H3/t17-,19-. The number of ether oxygens (including phenoxy) is 1. The summed E-state index contributed by atoms with van der Waals surface area (Å²) in [5.41, 5.74) is 2.19. The van der Waals surface area contributed by atoms with Gasteiger partial charge in [0.2, 0.25) is 5.95 Å². The number of pyridine rings is 1. The molecule has 0 spiro atoms. The molecule has 1 heterocycles. The zero-order valence-electron chi connectivity index (χ0n) is 16.1. The van der Waals surface area contributed by atoms with Crippen LogP contribution in [0, 0.1) is 17.7 Å². The number of benzene rings is 1. The molecule has 2 nitrogen and oxygen atoms in total. The van der Waals surface area contributed by atoms with Crippen LogP contribution in [0.15, 0.2) is 36.5 Å². The normalized spacial score (nSPS) is 19.8. The van der Waals surface area contributed by atoms with Crippen molar-refractivity contribution in [3.05, 3.63) is 59.4 Å². The molecule has 0 N–H and O–H groups in total. The van der Waals surface area contributed by atoms with E-state index in [4.69, 9.17) is 4.74 Å². The van der Waals surface area contributed by atoms with Gasteiger partial charge in [0.15, 0.2) is 5.82 Å². The molecule has 3 rings (SSSR count). The average molecular weight is 373 g/mol. The van der Waals surface area contributed by atoms with E-state index in [1.54, 1.807) is 0 Å². The molecular formula is C23H29F2NO. The van der Waals surface area contributed by atoms with E-state index in [2.05, 4.69) is 36.2 Å². The van der Waals surface area contributed by atoms with Crippen molar-refractivity contribution in [2.75, 3.05) is 6.61 Å². The number of aromatic nitrogens is 1. The minimum atomic E-state index is -1.01. The highest BCUT2D eigenvalue weighted by molar-refractivity contribution is 5.29. The van der Waals surface area contributed by atoms with Gasteiger partial charge in [0, 0.05) is 6.20 Å². The summed E-state index contributed by atoms with van der Waals surface area (Å²) >= 11 is 0. The van der Waals surface area contributed by atoms with Crippen LogP contribution in [0.5, 0.6) is 5.75 Å². The van der Waals surface area contributed by atoms with Crippen molar-refractivity contribution in [3.63, 3.8) is 0 Å². The second kappa shape index (κ2) is 9.82. The Morgan fingerprint density at radius 2 is 1.81 bits per heavy atom. The van der Waals surface area contributed by atoms with Crippen LogP contribution >= 0.6 is 0 Å². The van der Waals surface area contributed by atoms with E-state index in [0.717, 1.165) is 43.6 Å². The van der Waals surface area contributed by atoms with Crippen LogP contribution in [0.3, 0.4) is 0 Å². The van der Waals surface area contributed by atoms with E-state index < -0.39 is 11.8 Å². The van der Waals surface area contributed by atoms with E-state index in [1.807, 2.05) is 0 Å². The summed E-state index contributed by atoms with van der Waals surface area (Å²) in [5, 5.41) is 0. The second-order valence-electron chi connectivity index (χ2n) is 7.64. The first-order chi connectivity index (χ1) is 13.2. The maximum Gasteiger partial charge on any atom is 0.248 e. The van der Waals surface area contributed by atoms with Crippen LogP contribution in [0.4, 0.5) is 8.78 Å². The van der Waals surface area contributed by atoms with Crippen LogP contribution in [0.25, 0.3) is 0 Å². The molecule has 0 atom stereocenters. The van der Waals surface area contributed by atoms with E-state index in [-0.39, 0.29) is 0 Å². The molecule has 1 saturated carbocycles. The van der Waals surface area contributed by atoms with Gasteiger partial charge in [-0.05, 0) is 86.1 Å². The van der Waals surface area contributed by atoms with E-state index in [9.17, 15) is 8.78 Å². The minimum Gasteiger partial charge on any atom is -0.494 e. The maximum atomic E-state index is 13.3. The van der Waals surface area contributed by atoms with E-state index >= 15 is 0 Å². The van der Waals surface area contributed by atoms with Gasteiger partial charge in [-0.1, -0.05) is 25.5 Å². The smallest absolute Gasteiger partial charge is 0.248 e. The van der Waals surface area contributed by atoms with Crippen molar-refractivity contribution < 1.29 is 13.5 Å². The number of unbranched alkanes of at least 4 members (excludes halogenated alkanes) is 1. The van der Waals surface area contributed by atoms with Gasteiger partial charge >= 0.3 is 0 Å². The quantitative estimate of drug-likeness (QED) is 0.392. The van der Waals surface area contributed by atoms with Crippen molar-refractivity contribution in [2.45, 2.75) is 64.2 Å². The highest BCUT2D eigenvalue weighted by atomic mass is 19.2. The SMILES string of the molecule is CCCCOc1ccc([C@H]2CC[C@H](CCc3cnc(F)c(F)c3)CC2)cc1. The van der Waals surface area contributed by atoms with Crippen LogP contribution in [0.1, 0.15) is 68.9 Å². The largest absolute Gasteiger partial charge is 0.494 e. The Hall–Kier alpha value is -1.97. The van der Waals surface area contributed by atoms with Gasteiger partial charge in [-0.25, -0.2) is 9.37 Å². The van der Waals surface area contributed by atoms with E-state index in [1.165, 1.54) is 43.5 Å². The fraction of sp³-hybridized carbons (Fsp3) is 0.522. The third-order valence-electron chi connectivity index (χ3n) is 5.66. The van der Waals surface area contributed by atoms with Gasteiger partial charge in [0.05, 0.1) is 6.61 Å². The summed E-state index contributed by atoms with van der Waals surface area (Å²) in [4.78, 5) is 3.47. The van der Waals surface area contributed by atoms with E-state index in [0.29, 0.717) is 11.8 Å². The number of hydrogen-bond acceptors (Lipinski definition) is 2. The van der Waals surface area contributed by atoms with Crippen LogP contribution in [-0.2, 0) is 6.42 Å². The zero-order chi connectivity index (χ0) is 19.1. The summed E-state index contributed by atoms with van der Waals surface area (Å²) in [6, 6.07) is 9.87. The molecule has 0 bridgehead atoms. The molecule has 1 aromatic heterocycles. The molecule has 0 saturated heterocycles. The Morgan fingerprint density at radius 1 is 1.07 bits per heavy atom. The number of aryl methyl sites for hydroxylation is 1. The Kier molecular flexibility index (Phi) is 7.19. The first-order valence-electron chi connectivity index (χ1n) is 10.2. The van der Waals surface area contributed by atoms with Crippen LogP contribution < -0.4 is 4.74 Å². The lowest BCUT2D eigenvalue weighted by Gasteiger charge is -2.29. The molecule has 0 amide bonds. The van der Waals surface area contributed by atoms with Crippen molar-refractivity contribution in [2.24, 2.45) is 5.92 Å². The minimum absolute atomic E-state index is 0.621. The number of rotatable bonds is 8. The highest BCUT2D eigenvalue weighted by Gasteiger charge is 2.22. The summed E-state index contributed by atoms with van der Waals surface area (Å²) < 4.78 is 31.9. The summed E-state index contributed by atoms with van der Waals surface area (Å²) in [7, 11) is 0. The van der Waals surface area contributed by atoms with Crippen molar-refractivity contribution in [1.29, 1.82) is 0 Å². The number of hydrogen-bond donors (Lipinski definition) is 0. The molecule has 1 aliphatic rings. The number of halogens is 2. The molecule has 2 aromatic rings. The predicted octanol–water partition coefficient (Wildman–Crippen LogP) is 6.45. The monoisotopic (exact) mass is 373 g/mol. The second-order valence-corrected chi connectivity index (χ2v) is 7.64. The fourth-order valence-electron chi connectivity index (χ4n) is 3.92. The van der Waals surface area contributed by atoms with Crippen molar-refractivity contribution >= 4 is 0 Å². The molecule has 1 aliphatic carbocycles. The Labute approximate surface area is 161 Å². The topological polar surface area (TPSA) is 22.1 Å². The van der Waals surface area contributed by atoms with Crippen LogP contribution in [0.2, 0.25) is 0 Å². The number of nitrogens with zero attached hydrogens (tertiary/aromatic N) is 1. The Balaban J connectivity index is 1.43. The molecule has 146 valence electrons. The van der Waals surface area contributed by atoms with Crippen molar-refractivity contribution in [3.8, 4) is 5.75 Å². The maximum absolute atomic E-state index is 13.3. The molecular weight excluding hydrogens is 344 g/mol. The molecule has 0 radical (unpaired) electrons. The van der Waals surface area contributed by atoms with Crippen LogP contribution in [-0.4, -0.2) is 11.6 Å². The molecule has 1 aromatic carbocycles. The van der Waals surface area contributed by atoms with Gasteiger partial charge in [-0.15, -0.1) is 0 Å². The lowest BCUT2D eigenvalue weighted by atomic mass is 9.77. The average Bonchev–Trinajstić information content (AvgIpc) is 2.70. The zero-order valence-corrected chi connectivity index (χ0v) is 16.1. The van der Waals surface area contributed by atoms with Gasteiger partial charge in [-0.2, -0.15) is 4.39 Å². The van der Waals surface area contributed by atoms with Gasteiger partial charge in [0.25, 0.3) is 0 Å². The molecule has 27 heavy (non-hydrogen) atoms. The van der Waals surface area contributed by atoms with Gasteiger partial charge in [0.1, 0.15) is 5.75 Å². The lowest BCUT2D eigenvalue weighted by Crippen LogP contribution is -2.14. The molecule has 4 heteroatoms. The summed E-state index contributed by atoms with van der Waals surface area (Å²) in [6.07, 6.45) is 10.2. The fourth-order valence-corrected chi connectivity index (χ4v) is 3.92. The van der Waals surface area contributed by atoms with Gasteiger partial charge in [-0.3, -0.25) is 0 Å². The Bertz CT molecular complexity index is 709. The third kappa shape index (κ3) is 5.75. The van der Waals surface area contributed by atoms with Crippen molar-refractivity contribution in [1.82, 2.24) is 4.98 Å². The summed E-state index contributed by atoms with van der Waals surface area (Å²) in [5.74, 6) is 0.377. The summed E-state index contributed by atoms with van der Waals surface area (Å²) in [6.45, 7) is 2.95. The third-order valence-corrected chi connectivity index (χ3v) is 5.66. The first-order valence-corrected chi connectivity index (χ1v) is 10.2. The first kappa shape index (κ1) is 19.8. The lowest BCUT2D eigenvalue weighted by molar-refractivity contribution is 0.305. The highest BCUT2D eigenvalue weighted by Crippen LogP contribution is 2.38. The van der Waals surface area contributed by atoms with Gasteiger partial charge < -0.3 is 4.74 Å². The molecule has 0 aliphatic heterocycles. The predicted molar refractivity (Wildman–Crippen MR) is 104 cm³/mol.